The lowest BCUT2D eigenvalue weighted by atomic mass is 10.0. The van der Waals surface area contributed by atoms with Crippen LogP contribution in [0.25, 0.3) is 0 Å². The number of nitrogens with two attached hydrogens (primary N) is 1. The number of hydrogen-bond acceptors (Lipinski definition) is 3. The van der Waals surface area contributed by atoms with Crippen molar-refractivity contribution in [1.29, 1.82) is 0 Å². The number of phenols is 1. The SMILES string of the molecule is CCN(C(=O)CCC(C)CN)c1cc(O)ccc1C. The number of phenolic OH excluding ortho intramolecular Hbond substituents is 1. The maximum absolute atomic E-state index is 12.3. The molecule has 0 fully saturated rings. The molecule has 0 heterocycles. The van der Waals surface area contributed by atoms with Crippen LogP contribution in [-0.2, 0) is 4.79 Å². The van der Waals surface area contributed by atoms with Gasteiger partial charge in [0.05, 0.1) is 5.69 Å². The molecule has 0 aliphatic carbocycles. The standard InChI is InChI=1S/C15H24N2O2/c1-4-17(15(19)8-5-11(2)10-16)14-9-13(18)7-6-12(14)3/h6-7,9,11,18H,4-5,8,10,16H2,1-3H3. The second-order valence-electron chi connectivity index (χ2n) is 4.99. The van der Waals surface area contributed by atoms with Crippen LogP contribution >= 0.6 is 0 Å². The number of carbonyl (C=O) groups excluding carboxylic acids is 1. The number of aryl methyl sites for hydroxylation is 1. The zero-order chi connectivity index (χ0) is 14.4. The van der Waals surface area contributed by atoms with Gasteiger partial charge in [-0.1, -0.05) is 13.0 Å². The Kier molecular flexibility index (Phi) is 5.83. The Labute approximate surface area is 115 Å². The van der Waals surface area contributed by atoms with Gasteiger partial charge in [-0.15, -0.1) is 0 Å². The molecule has 1 atom stereocenters. The smallest absolute Gasteiger partial charge is 0.226 e. The number of anilines is 1. The second kappa shape index (κ2) is 7.14. The molecule has 1 amide bonds. The summed E-state index contributed by atoms with van der Waals surface area (Å²) in [7, 11) is 0. The number of carbonyl (C=O) groups is 1. The lowest BCUT2D eigenvalue weighted by molar-refractivity contribution is -0.118. The van der Waals surface area contributed by atoms with Gasteiger partial charge >= 0.3 is 0 Å². The van der Waals surface area contributed by atoms with E-state index in [0.717, 1.165) is 17.7 Å². The van der Waals surface area contributed by atoms with Crippen molar-refractivity contribution in [2.45, 2.75) is 33.6 Å². The molecule has 0 aromatic heterocycles. The molecule has 0 aliphatic heterocycles. The van der Waals surface area contributed by atoms with Crippen LogP contribution in [0, 0.1) is 12.8 Å². The first kappa shape index (κ1) is 15.5. The maximum atomic E-state index is 12.3. The summed E-state index contributed by atoms with van der Waals surface area (Å²) in [5, 5.41) is 9.57. The predicted octanol–water partition coefficient (Wildman–Crippen LogP) is 2.43. The summed E-state index contributed by atoms with van der Waals surface area (Å²) < 4.78 is 0. The molecule has 1 rings (SSSR count). The van der Waals surface area contributed by atoms with Crippen molar-refractivity contribution in [2.75, 3.05) is 18.0 Å². The highest BCUT2D eigenvalue weighted by atomic mass is 16.3. The third-order valence-electron chi connectivity index (χ3n) is 3.35. The van der Waals surface area contributed by atoms with Crippen LogP contribution in [0.1, 0.15) is 32.3 Å². The highest BCUT2D eigenvalue weighted by molar-refractivity contribution is 5.94. The number of nitrogens with zero attached hydrogens (tertiary/aromatic N) is 1. The van der Waals surface area contributed by atoms with E-state index in [9.17, 15) is 9.90 Å². The highest BCUT2D eigenvalue weighted by Crippen LogP contribution is 2.25. The molecule has 1 aromatic rings. The van der Waals surface area contributed by atoms with Crippen LogP contribution < -0.4 is 10.6 Å². The van der Waals surface area contributed by atoms with Crippen LogP contribution in [0.4, 0.5) is 5.69 Å². The fraction of sp³-hybridized carbons (Fsp3) is 0.533. The number of aromatic hydroxyl groups is 1. The Morgan fingerprint density at radius 3 is 2.74 bits per heavy atom. The van der Waals surface area contributed by atoms with Gasteiger partial charge in [0.1, 0.15) is 5.75 Å². The lowest BCUT2D eigenvalue weighted by Gasteiger charge is -2.23. The van der Waals surface area contributed by atoms with Crippen molar-refractivity contribution in [3.05, 3.63) is 23.8 Å². The van der Waals surface area contributed by atoms with E-state index >= 15 is 0 Å². The summed E-state index contributed by atoms with van der Waals surface area (Å²) in [5.74, 6) is 0.617. The molecule has 0 saturated carbocycles. The summed E-state index contributed by atoms with van der Waals surface area (Å²) in [5.41, 5.74) is 7.34. The van der Waals surface area contributed by atoms with Crippen molar-refractivity contribution < 1.29 is 9.90 Å². The lowest BCUT2D eigenvalue weighted by Crippen LogP contribution is -2.31. The molecular formula is C15H24N2O2. The summed E-state index contributed by atoms with van der Waals surface area (Å²) in [4.78, 5) is 14.0. The zero-order valence-electron chi connectivity index (χ0n) is 12.0. The molecule has 3 N–H and O–H groups in total. The van der Waals surface area contributed by atoms with Crippen LogP contribution in [0.3, 0.4) is 0 Å². The van der Waals surface area contributed by atoms with E-state index in [1.54, 1.807) is 17.0 Å². The van der Waals surface area contributed by atoms with Gasteiger partial charge in [-0.2, -0.15) is 0 Å². The third kappa shape index (κ3) is 4.24. The molecule has 19 heavy (non-hydrogen) atoms. The fourth-order valence-electron chi connectivity index (χ4n) is 1.99. The average Bonchev–Trinajstić information content (AvgIpc) is 2.40. The second-order valence-corrected chi connectivity index (χ2v) is 4.99. The van der Waals surface area contributed by atoms with Crippen LogP contribution in [0.15, 0.2) is 18.2 Å². The Bertz CT molecular complexity index is 432. The number of amides is 1. The van der Waals surface area contributed by atoms with Crippen molar-refractivity contribution in [3.63, 3.8) is 0 Å². The predicted molar refractivity (Wildman–Crippen MR) is 78.3 cm³/mol. The van der Waals surface area contributed by atoms with Crippen molar-refractivity contribution >= 4 is 11.6 Å². The molecule has 1 aromatic carbocycles. The van der Waals surface area contributed by atoms with Gasteiger partial charge in [-0.25, -0.2) is 0 Å². The van der Waals surface area contributed by atoms with Gasteiger partial charge in [-0.05, 0) is 44.4 Å². The largest absolute Gasteiger partial charge is 0.508 e. The number of hydrogen-bond donors (Lipinski definition) is 2. The van der Waals surface area contributed by atoms with Gasteiger partial charge < -0.3 is 15.7 Å². The Hall–Kier alpha value is -1.55. The molecule has 0 spiro atoms. The maximum Gasteiger partial charge on any atom is 0.226 e. The molecule has 106 valence electrons. The Morgan fingerprint density at radius 1 is 1.47 bits per heavy atom. The van der Waals surface area contributed by atoms with E-state index in [1.807, 2.05) is 26.8 Å². The molecule has 0 radical (unpaired) electrons. The first-order chi connectivity index (χ1) is 8.99. The van der Waals surface area contributed by atoms with E-state index in [0.29, 0.717) is 25.4 Å². The van der Waals surface area contributed by atoms with Crippen LogP contribution in [-0.4, -0.2) is 24.1 Å². The van der Waals surface area contributed by atoms with Gasteiger partial charge in [0.2, 0.25) is 5.91 Å². The molecule has 0 saturated heterocycles. The Morgan fingerprint density at radius 2 is 2.16 bits per heavy atom. The first-order valence-electron chi connectivity index (χ1n) is 6.79. The van der Waals surface area contributed by atoms with Gasteiger partial charge in [0.15, 0.2) is 0 Å². The minimum absolute atomic E-state index is 0.0801. The summed E-state index contributed by atoms with van der Waals surface area (Å²) >= 11 is 0. The first-order valence-corrected chi connectivity index (χ1v) is 6.79. The van der Waals surface area contributed by atoms with E-state index in [-0.39, 0.29) is 11.7 Å². The molecule has 0 aliphatic rings. The van der Waals surface area contributed by atoms with E-state index in [1.165, 1.54) is 0 Å². The fourth-order valence-corrected chi connectivity index (χ4v) is 1.99. The number of benzene rings is 1. The Balaban J connectivity index is 2.82. The summed E-state index contributed by atoms with van der Waals surface area (Å²) in [6.45, 7) is 7.12. The van der Waals surface area contributed by atoms with Gasteiger partial charge in [0.25, 0.3) is 0 Å². The topological polar surface area (TPSA) is 66.6 Å². The van der Waals surface area contributed by atoms with E-state index in [4.69, 9.17) is 5.73 Å². The highest BCUT2D eigenvalue weighted by Gasteiger charge is 2.16. The van der Waals surface area contributed by atoms with Crippen LogP contribution in [0.5, 0.6) is 5.75 Å². The van der Waals surface area contributed by atoms with Gasteiger partial charge in [0, 0.05) is 19.0 Å². The van der Waals surface area contributed by atoms with Crippen LogP contribution in [0.2, 0.25) is 0 Å². The summed E-state index contributed by atoms with van der Waals surface area (Å²) in [6.07, 6.45) is 1.28. The van der Waals surface area contributed by atoms with Crippen molar-refractivity contribution in [2.24, 2.45) is 11.7 Å². The quantitative estimate of drug-likeness (QED) is 0.829. The zero-order valence-corrected chi connectivity index (χ0v) is 12.0. The summed E-state index contributed by atoms with van der Waals surface area (Å²) in [6, 6.07) is 5.10. The molecular weight excluding hydrogens is 240 g/mol. The van der Waals surface area contributed by atoms with Crippen molar-refractivity contribution in [3.8, 4) is 5.75 Å². The van der Waals surface area contributed by atoms with E-state index in [2.05, 4.69) is 0 Å². The minimum atomic E-state index is 0.0801. The van der Waals surface area contributed by atoms with Gasteiger partial charge in [-0.3, -0.25) is 4.79 Å². The normalized spacial score (nSPS) is 12.2. The molecule has 0 bridgehead atoms. The number of rotatable bonds is 6. The monoisotopic (exact) mass is 264 g/mol. The molecule has 4 nitrogen and oxygen atoms in total. The minimum Gasteiger partial charge on any atom is -0.508 e. The van der Waals surface area contributed by atoms with Crippen molar-refractivity contribution in [1.82, 2.24) is 0 Å². The molecule has 1 unspecified atom stereocenters. The third-order valence-corrected chi connectivity index (χ3v) is 3.35. The molecule has 4 heteroatoms. The average molecular weight is 264 g/mol. The van der Waals surface area contributed by atoms with E-state index < -0.39 is 0 Å².